The quantitative estimate of drug-likeness (QED) is 0.617. The number of rotatable bonds is 3. The molecule has 0 radical (unpaired) electrons. The van der Waals surface area contributed by atoms with Crippen molar-refractivity contribution in [2.24, 2.45) is 0 Å². The maximum absolute atomic E-state index is 11.2. The first-order valence-electron chi connectivity index (χ1n) is 4.48. The Morgan fingerprint density at radius 3 is 2.12 bits per heavy atom. The molecule has 0 N–H and O–H groups in total. The molecule has 1 rings (SSSR count). The van der Waals surface area contributed by atoms with Crippen LogP contribution >= 0.6 is 11.6 Å². The summed E-state index contributed by atoms with van der Waals surface area (Å²) in [6.07, 6.45) is 1.79. The summed E-state index contributed by atoms with van der Waals surface area (Å²) < 4.78 is 22.4. The summed E-state index contributed by atoms with van der Waals surface area (Å²) in [6.45, 7) is 1.60. The molecule has 0 unspecified atom stereocenters. The summed E-state index contributed by atoms with van der Waals surface area (Å²) in [7, 11) is -3.20. The van der Waals surface area contributed by atoms with Gasteiger partial charge in [0.05, 0.1) is 9.93 Å². The molecule has 0 fully saturated rings. The van der Waals surface area contributed by atoms with Gasteiger partial charge in [-0.1, -0.05) is 23.7 Å². The Morgan fingerprint density at radius 2 is 1.75 bits per heavy atom. The van der Waals surface area contributed by atoms with Crippen molar-refractivity contribution >= 4 is 32.8 Å². The van der Waals surface area contributed by atoms with Crippen LogP contribution in [0.25, 0.3) is 5.03 Å². The van der Waals surface area contributed by atoms with Gasteiger partial charge in [-0.05, 0) is 24.6 Å². The minimum absolute atomic E-state index is 0.226. The fourth-order valence-electron chi connectivity index (χ4n) is 1.13. The van der Waals surface area contributed by atoms with E-state index in [0.717, 1.165) is 6.26 Å². The molecule has 0 saturated heterocycles. The SMILES string of the molecule is C/C(C=O)=C(/Cl)c1ccc(S(C)(=O)=O)cc1. The van der Waals surface area contributed by atoms with Gasteiger partial charge in [0, 0.05) is 11.8 Å². The van der Waals surface area contributed by atoms with E-state index in [1.54, 1.807) is 19.1 Å². The number of carbonyl (C=O) groups excluding carboxylic acids is 1. The second-order valence-electron chi connectivity index (χ2n) is 3.41. The van der Waals surface area contributed by atoms with Crippen LogP contribution in [0.1, 0.15) is 12.5 Å². The highest BCUT2D eigenvalue weighted by Gasteiger charge is 2.08. The van der Waals surface area contributed by atoms with Crippen molar-refractivity contribution < 1.29 is 13.2 Å². The van der Waals surface area contributed by atoms with Crippen molar-refractivity contribution in [3.63, 3.8) is 0 Å². The first kappa shape index (κ1) is 12.9. The number of benzene rings is 1. The second kappa shape index (κ2) is 4.80. The van der Waals surface area contributed by atoms with Gasteiger partial charge in [0.2, 0.25) is 0 Å². The molecule has 0 aliphatic rings. The van der Waals surface area contributed by atoms with Gasteiger partial charge in [-0.25, -0.2) is 8.42 Å². The Labute approximate surface area is 99.7 Å². The van der Waals surface area contributed by atoms with E-state index in [1.807, 2.05) is 0 Å². The molecule has 1 aromatic carbocycles. The molecule has 0 aromatic heterocycles. The van der Waals surface area contributed by atoms with E-state index >= 15 is 0 Å². The number of hydrogen-bond acceptors (Lipinski definition) is 3. The van der Waals surface area contributed by atoms with Gasteiger partial charge in [0.15, 0.2) is 9.84 Å². The molecule has 0 saturated carbocycles. The summed E-state index contributed by atoms with van der Waals surface area (Å²) in [6, 6.07) is 6.08. The standard InChI is InChI=1S/C11H11ClO3S/c1-8(7-13)11(12)9-3-5-10(6-4-9)16(2,14)15/h3-7H,1-2H3/b11-8-. The number of aldehydes is 1. The molecule has 0 atom stereocenters. The molecule has 0 aliphatic carbocycles. The van der Waals surface area contributed by atoms with Crippen molar-refractivity contribution in [3.8, 4) is 0 Å². The van der Waals surface area contributed by atoms with Crippen LogP contribution < -0.4 is 0 Å². The van der Waals surface area contributed by atoms with E-state index in [-0.39, 0.29) is 4.90 Å². The minimum atomic E-state index is -3.20. The molecule has 0 bridgehead atoms. The Balaban J connectivity index is 3.20. The maximum Gasteiger partial charge on any atom is 0.175 e. The molecule has 0 aliphatic heterocycles. The highest BCUT2D eigenvalue weighted by Crippen LogP contribution is 2.23. The van der Waals surface area contributed by atoms with E-state index in [0.29, 0.717) is 22.5 Å². The van der Waals surface area contributed by atoms with Crippen molar-refractivity contribution in [2.75, 3.05) is 6.26 Å². The minimum Gasteiger partial charge on any atom is -0.298 e. The zero-order valence-electron chi connectivity index (χ0n) is 8.90. The van der Waals surface area contributed by atoms with E-state index in [9.17, 15) is 13.2 Å². The van der Waals surface area contributed by atoms with Gasteiger partial charge in [0.25, 0.3) is 0 Å². The summed E-state index contributed by atoms with van der Waals surface area (Å²) in [5.74, 6) is 0. The third kappa shape index (κ3) is 2.93. The first-order chi connectivity index (χ1) is 7.36. The lowest BCUT2D eigenvalue weighted by molar-refractivity contribution is -0.104. The third-order valence-electron chi connectivity index (χ3n) is 2.06. The monoisotopic (exact) mass is 258 g/mol. The highest BCUT2D eigenvalue weighted by molar-refractivity contribution is 7.90. The Morgan fingerprint density at radius 1 is 1.25 bits per heavy atom. The fraction of sp³-hybridized carbons (Fsp3) is 0.182. The molecule has 86 valence electrons. The van der Waals surface area contributed by atoms with Crippen LogP contribution in [0.2, 0.25) is 0 Å². The van der Waals surface area contributed by atoms with Gasteiger partial charge in [-0.2, -0.15) is 0 Å². The average Bonchev–Trinajstić information content (AvgIpc) is 2.26. The molecule has 0 heterocycles. The molecule has 1 aromatic rings. The lowest BCUT2D eigenvalue weighted by Crippen LogP contribution is -1.96. The lowest BCUT2D eigenvalue weighted by Gasteiger charge is -2.02. The van der Waals surface area contributed by atoms with Gasteiger partial charge in [-0.3, -0.25) is 4.79 Å². The van der Waals surface area contributed by atoms with Gasteiger partial charge in [0.1, 0.15) is 6.29 Å². The van der Waals surface area contributed by atoms with Crippen molar-refractivity contribution in [3.05, 3.63) is 35.4 Å². The number of allylic oxidation sites excluding steroid dienone is 1. The number of halogens is 1. The van der Waals surface area contributed by atoms with Crippen molar-refractivity contribution in [1.82, 2.24) is 0 Å². The molecule has 0 amide bonds. The van der Waals surface area contributed by atoms with Crippen LogP contribution in [0.15, 0.2) is 34.7 Å². The van der Waals surface area contributed by atoms with Gasteiger partial charge < -0.3 is 0 Å². The fourth-order valence-corrected chi connectivity index (χ4v) is 1.93. The lowest BCUT2D eigenvalue weighted by atomic mass is 10.1. The van der Waals surface area contributed by atoms with Crippen molar-refractivity contribution in [1.29, 1.82) is 0 Å². The highest BCUT2D eigenvalue weighted by atomic mass is 35.5. The van der Waals surface area contributed by atoms with E-state index in [1.165, 1.54) is 12.1 Å². The normalized spacial score (nSPS) is 13.2. The van der Waals surface area contributed by atoms with Crippen LogP contribution in [0.5, 0.6) is 0 Å². The molecule has 5 heteroatoms. The second-order valence-corrected chi connectivity index (χ2v) is 5.81. The summed E-state index contributed by atoms with van der Waals surface area (Å²) >= 11 is 5.92. The number of carbonyl (C=O) groups is 1. The smallest absolute Gasteiger partial charge is 0.175 e. The van der Waals surface area contributed by atoms with Crippen molar-refractivity contribution in [2.45, 2.75) is 11.8 Å². The predicted molar refractivity (Wildman–Crippen MR) is 64.1 cm³/mol. The largest absolute Gasteiger partial charge is 0.298 e. The molecular formula is C11H11ClO3S. The van der Waals surface area contributed by atoms with Crippen LogP contribution in [0.3, 0.4) is 0 Å². The topological polar surface area (TPSA) is 51.2 Å². The van der Waals surface area contributed by atoms with Crippen LogP contribution in [0, 0.1) is 0 Å². The van der Waals surface area contributed by atoms with E-state index < -0.39 is 9.84 Å². The van der Waals surface area contributed by atoms with E-state index in [4.69, 9.17) is 11.6 Å². The molecular weight excluding hydrogens is 248 g/mol. The Kier molecular flexibility index (Phi) is 3.88. The first-order valence-corrected chi connectivity index (χ1v) is 6.75. The maximum atomic E-state index is 11.2. The zero-order valence-corrected chi connectivity index (χ0v) is 10.5. The molecule has 3 nitrogen and oxygen atoms in total. The summed E-state index contributed by atoms with van der Waals surface area (Å²) in [5, 5.41) is 0.329. The van der Waals surface area contributed by atoms with Gasteiger partial charge >= 0.3 is 0 Å². The van der Waals surface area contributed by atoms with Crippen LogP contribution in [-0.4, -0.2) is 21.0 Å². The molecule has 0 spiro atoms. The summed E-state index contributed by atoms with van der Waals surface area (Å²) in [4.78, 5) is 10.7. The Bertz CT molecular complexity index is 527. The van der Waals surface area contributed by atoms with Gasteiger partial charge in [-0.15, -0.1) is 0 Å². The number of sulfone groups is 1. The average molecular weight is 259 g/mol. The third-order valence-corrected chi connectivity index (χ3v) is 3.70. The Hall–Kier alpha value is -1.13. The van der Waals surface area contributed by atoms with E-state index in [2.05, 4.69) is 0 Å². The van der Waals surface area contributed by atoms with Crippen LogP contribution in [-0.2, 0) is 14.6 Å². The number of hydrogen-bond donors (Lipinski definition) is 0. The molecule has 16 heavy (non-hydrogen) atoms. The zero-order chi connectivity index (χ0) is 12.3. The predicted octanol–water partition coefficient (Wildman–Crippen LogP) is 2.26. The summed E-state index contributed by atoms with van der Waals surface area (Å²) in [5.41, 5.74) is 1.03. The van der Waals surface area contributed by atoms with Crippen LogP contribution in [0.4, 0.5) is 0 Å².